The van der Waals surface area contributed by atoms with Crippen molar-refractivity contribution >= 4 is 17.5 Å². The van der Waals surface area contributed by atoms with Crippen LogP contribution in [0.15, 0.2) is 24.3 Å². The van der Waals surface area contributed by atoms with E-state index in [9.17, 15) is 4.79 Å². The van der Waals surface area contributed by atoms with E-state index in [1.54, 1.807) is 31.4 Å². The highest BCUT2D eigenvalue weighted by Gasteiger charge is 2.44. The molecule has 5 nitrogen and oxygen atoms in total. The van der Waals surface area contributed by atoms with Gasteiger partial charge in [-0.2, -0.15) is 0 Å². The van der Waals surface area contributed by atoms with Crippen molar-refractivity contribution in [2.75, 3.05) is 26.9 Å². The van der Waals surface area contributed by atoms with Crippen LogP contribution in [0.5, 0.6) is 5.75 Å². The van der Waals surface area contributed by atoms with E-state index in [1.165, 1.54) is 0 Å². The number of fused-ring (bicyclic) bond motifs is 1. The lowest BCUT2D eigenvalue weighted by atomic mass is 9.95. The number of likely N-dealkylation sites (tertiary alicyclic amines) is 1. The Balaban J connectivity index is 1.60. The number of amides is 1. The van der Waals surface area contributed by atoms with Gasteiger partial charge in [0.25, 0.3) is 5.91 Å². The predicted molar refractivity (Wildman–Crippen MR) is 82.2 cm³/mol. The summed E-state index contributed by atoms with van der Waals surface area (Å²) in [6.07, 6.45) is 1.70. The molecule has 3 rings (SSSR count). The number of rotatable bonds is 4. The van der Waals surface area contributed by atoms with Crippen LogP contribution in [0.2, 0.25) is 5.02 Å². The second-order valence-corrected chi connectivity index (χ2v) is 6.02. The second kappa shape index (κ2) is 6.86. The molecule has 120 valence electrons. The van der Waals surface area contributed by atoms with E-state index in [4.69, 9.17) is 25.8 Å². The number of ether oxygens (including phenoxy) is 3. The molecule has 0 aromatic heterocycles. The van der Waals surface area contributed by atoms with Crippen molar-refractivity contribution in [3.8, 4) is 5.75 Å². The smallest absolute Gasteiger partial charge is 0.260 e. The van der Waals surface area contributed by atoms with Gasteiger partial charge in [0.05, 0.1) is 12.1 Å². The molecule has 1 aromatic carbocycles. The van der Waals surface area contributed by atoms with Gasteiger partial charge < -0.3 is 19.1 Å². The Morgan fingerprint density at radius 1 is 1.45 bits per heavy atom. The summed E-state index contributed by atoms with van der Waals surface area (Å²) in [5.41, 5.74) is 0. The fourth-order valence-corrected chi connectivity index (χ4v) is 3.41. The molecule has 22 heavy (non-hydrogen) atoms. The molecule has 0 unspecified atom stereocenters. The highest BCUT2D eigenvalue weighted by molar-refractivity contribution is 6.30. The lowest BCUT2D eigenvalue weighted by molar-refractivity contribution is -0.145. The van der Waals surface area contributed by atoms with Crippen molar-refractivity contribution in [1.29, 1.82) is 0 Å². The van der Waals surface area contributed by atoms with Gasteiger partial charge in [0.2, 0.25) is 0 Å². The molecule has 1 aromatic rings. The van der Waals surface area contributed by atoms with Gasteiger partial charge in [-0.05, 0) is 31.0 Å². The number of piperidine rings is 1. The van der Waals surface area contributed by atoms with E-state index < -0.39 is 0 Å². The minimum Gasteiger partial charge on any atom is -0.484 e. The third kappa shape index (κ3) is 3.21. The third-order valence-corrected chi connectivity index (χ3v) is 4.54. The van der Waals surface area contributed by atoms with Crippen molar-refractivity contribution < 1.29 is 19.0 Å². The number of carbonyl (C=O) groups excluding carboxylic acids is 1. The third-order valence-electron chi connectivity index (χ3n) is 4.31. The van der Waals surface area contributed by atoms with Crippen LogP contribution in [0.3, 0.4) is 0 Å². The molecule has 2 aliphatic heterocycles. The molecule has 2 fully saturated rings. The van der Waals surface area contributed by atoms with Crippen LogP contribution in [0, 0.1) is 0 Å². The number of carbonyl (C=O) groups is 1. The van der Waals surface area contributed by atoms with Gasteiger partial charge >= 0.3 is 0 Å². The quantitative estimate of drug-likeness (QED) is 0.851. The van der Waals surface area contributed by atoms with Crippen LogP contribution in [0.25, 0.3) is 0 Å². The molecular formula is C16H20ClNO4. The monoisotopic (exact) mass is 325 g/mol. The second-order valence-electron chi connectivity index (χ2n) is 5.59. The Morgan fingerprint density at radius 2 is 2.32 bits per heavy atom. The first-order chi connectivity index (χ1) is 10.7. The number of hydrogen-bond donors (Lipinski definition) is 0. The Bertz CT molecular complexity index is 539. The normalized spacial score (nSPS) is 27.5. The lowest BCUT2D eigenvalue weighted by Gasteiger charge is -2.40. The molecule has 6 heteroatoms. The largest absolute Gasteiger partial charge is 0.484 e. The van der Waals surface area contributed by atoms with Gasteiger partial charge in [-0.15, -0.1) is 0 Å². The van der Waals surface area contributed by atoms with Gasteiger partial charge in [-0.25, -0.2) is 0 Å². The first kappa shape index (κ1) is 15.6. The molecular weight excluding hydrogens is 306 g/mol. The topological polar surface area (TPSA) is 48.0 Å². The molecule has 2 aliphatic rings. The van der Waals surface area contributed by atoms with Gasteiger partial charge in [-0.1, -0.05) is 17.7 Å². The first-order valence-electron chi connectivity index (χ1n) is 7.51. The summed E-state index contributed by atoms with van der Waals surface area (Å²) in [5.74, 6) is 0.585. The van der Waals surface area contributed by atoms with Crippen molar-refractivity contribution in [2.24, 2.45) is 0 Å². The zero-order valence-electron chi connectivity index (χ0n) is 12.5. The standard InChI is InChI=1S/C16H20ClNO4/c1-20-14-5-7-18(13-6-8-21-16(13)14)15(19)10-22-12-4-2-3-11(17)9-12/h2-4,9,13-14,16H,5-8,10H2,1H3/t13-,14+,16-/m0/s1. The molecule has 2 heterocycles. The SMILES string of the molecule is CO[C@@H]1CCN(C(=O)COc2cccc(Cl)c2)[C@H]2CCO[C@H]12. The molecule has 0 aliphatic carbocycles. The Kier molecular flexibility index (Phi) is 4.86. The fourth-order valence-electron chi connectivity index (χ4n) is 3.23. The summed E-state index contributed by atoms with van der Waals surface area (Å²) < 4.78 is 16.8. The summed E-state index contributed by atoms with van der Waals surface area (Å²) in [5, 5.41) is 0.593. The lowest BCUT2D eigenvalue weighted by Crippen LogP contribution is -2.56. The summed E-state index contributed by atoms with van der Waals surface area (Å²) in [7, 11) is 1.70. The number of methoxy groups -OCH3 is 1. The molecule has 0 saturated carbocycles. The maximum Gasteiger partial charge on any atom is 0.260 e. The summed E-state index contributed by atoms with van der Waals surface area (Å²) >= 11 is 5.91. The van der Waals surface area contributed by atoms with E-state index >= 15 is 0 Å². The van der Waals surface area contributed by atoms with Gasteiger partial charge in [-0.3, -0.25) is 4.79 Å². The molecule has 0 N–H and O–H groups in total. The van der Waals surface area contributed by atoms with Crippen LogP contribution in [0.1, 0.15) is 12.8 Å². The fraction of sp³-hybridized carbons (Fsp3) is 0.562. The average molecular weight is 326 g/mol. The van der Waals surface area contributed by atoms with Crippen molar-refractivity contribution in [1.82, 2.24) is 4.90 Å². The van der Waals surface area contributed by atoms with E-state index in [2.05, 4.69) is 0 Å². The van der Waals surface area contributed by atoms with Gasteiger partial charge in [0, 0.05) is 25.3 Å². The Hall–Kier alpha value is -1.30. The van der Waals surface area contributed by atoms with Crippen molar-refractivity contribution in [3.05, 3.63) is 29.3 Å². The molecule has 2 saturated heterocycles. The first-order valence-corrected chi connectivity index (χ1v) is 7.89. The number of nitrogens with zero attached hydrogens (tertiary/aromatic N) is 1. The highest BCUT2D eigenvalue weighted by Crippen LogP contribution is 2.30. The van der Waals surface area contributed by atoms with Crippen LogP contribution < -0.4 is 4.74 Å². The molecule has 3 atom stereocenters. The minimum atomic E-state index is -0.0196. The summed E-state index contributed by atoms with van der Waals surface area (Å²) in [6, 6.07) is 7.15. The number of hydrogen-bond acceptors (Lipinski definition) is 4. The number of halogens is 1. The average Bonchev–Trinajstić information content (AvgIpc) is 3.01. The Labute approximate surface area is 135 Å². The zero-order valence-corrected chi connectivity index (χ0v) is 13.3. The Morgan fingerprint density at radius 3 is 3.09 bits per heavy atom. The summed E-state index contributed by atoms with van der Waals surface area (Å²) in [6.45, 7) is 1.37. The maximum atomic E-state index is 12.5. The molecule has 0 spiro atoms. The number of benzene rings is 1. The predicted octanol–water partition coefficient (Wildman–Crippen LogP) is 2.12. The van der Waals surface area contributed by atoms with E-state index in [1.807, 2.05) is 4.90 Å². The maximum absolute atomic E-state index is 12.5. The van der Waals surface area contributed by atoms with Crippen molar-refractivity contribution in [3.63, 3.8) is 0 Å². The molecule has 1 amide bonds. The van der Waals surface area contributed by atoms with Crippen LogP contribution in [-0.2, 0) is 14.3 Å². The zero-order chi connectivity index (χ0) is 15.5. The minimum absolute atomic E-state index is 0.0151. The molecule has 0 radical (unpaired) electrons. The van der Waals surface area contributed by atoms with Gasteiger partial charge in [0.15, 0.2) is 6.61 Å². The van der Waals surface area contributed by atoms with Crippen LogP contribution >= 0.6 is 11.6 Å². The molecule has 0 bridgehead atoms. The van der Waals surface area contributed by atoms with E-state index in [0.29, 0.717) is 23.9 Å². The van der Waals surface area contributed by atoms with Crippen LogP contribution in [0.4, 0.5) is 0 Å². The van der Waals surface area contributed by atoms with Crippen LogP contribution in [-0.4, -0.2) is 55.9 Å². The summed E-state index contributed by atoms with van der Waals surface area (Å²) in [4.78, 5) is 14.3. The van der Waals surface area contributed by atoms with E-state index in [0.717, 1.165) is 12.8 Å². The van der Waals surface area contributed by atoms with Gasteiger partial charge in [0.1, 0.15) is 11.9 Å². The van der Waals surface area contributed by atoms with Crippen molar-refractivity contribution in [2.45, 2.75) is 31.1 Å². The highest BCUT2D eigenvalue weighted by atomic mass is 35.5. The van der Waals surface area contributed by atoms with E-state index in [-0.39, 0.29) is 30.8 Å².